The summed E-state index contributed by atoms with van der Waals surface area (Å²) >= 11 is 0. The number of fused-ring (bicyclic) bond motifs is 5. The minimum atomic E-state index is -1.62. The van der Waals surface area contributed by atoms with Crippen LogP contribution in [0.25, 0.3) is 11.0 Å². The summed E-state index contributed by atoms with van der Waals surface area (Å²) in [5.74, 6) is -7.83. The molecule has 0 saturated heterocycles. The molecule has 7 amide bonds. The smallest absolute Gasteiger partial charge is 0.329 e. The molecule has 3 heterocycles. The van der Waals surface area contributed by atoms with E-state index in [0.29, 0.717) is 36.7 Å². The van der Waals surface area contributed by atoms with Crippen molar-refractivity contribution in [3.05, 3.63) is 48.3 Å². The molecule has 0 spiro atoms. The maximum Gasteiger partial charge on any atom is 0.329 e. The number of likely N-dealkylation sites (N-methyl/N-ethyl adjacent to an activating group) is 4. The van der Waals surface area contributed by atoms with Crippen molar-refractivity contribution in [1.82, 2.24) is 45.5 Å². The predicted octanol–water partition coefficient (Wildman–Crippen LogP) is 0.449. The van der Waals surface area contributed by atoms with Crippen molar-refractivity contribution in [2.24, 2.45) is 17.6 Å². The molecular weight excluding hydrogens is 881 g/mol. The van der Waals surface area contributed by atoms with Crippen molar-refractivity contribution in [2.75, 3.05) is 41.4 Å². The predicted molar refractivity (Wildman–Crippen MR) is 247 cm³/mol. The fourth-order valence-corrected chi connectivity index (χ4v) is 9.13. The maximum absolute atomic E-state index is 14.8. The zero-order chi connectivity index (χ0) is 50.0. The Morgan fingerprint density at radius 3 is 1.84 bits per heavy atom. The number of para-hydroxylation sites is 2. The first-order valence-electron chi connectivity index (χ1n) is 23.2. The number of nitrogens with zero attached hydrogens (tertiary/aromatic N) is 6. The Kier molecular flexibility index (Phi) is 18.1. The Morgan fingerprint density at radius 2 is 1.26 bits per heavy atom. The summed E-state index contributed by atoms with van der Waals surface area (Å²) in [5, 5.41) is 7.71. The average Bonchev–Trinajstić information content (AvgIpc) is 3.86. The second-order valence-electron chi connectivity index (χ2n) is 17.9. The van der Waals surface area contributed by atoms with Crippen molar-refractivity contribution in [3.63, 3.8) is 0 Å². The van der Waals surface area contributed by atoms with Crippen LogP contribution in [0.5, 0.6) is 0 Å². The lowest BCUT2D eigenvalue weighted by Crippen LogP contribution is -2.60. The molecule has 1 aromatic carbocycles. The third kappa shape index (κ3) is 12.1. The highest BCUT2D eigenvalue weighted by Crippen LogP contribution is 2.32. The number of aromatic nitrogens is 2. The van der Waals surface area contributed by atoms with Crippen LogP contribution in [0.2, 0.25) is 0 Å². The van der Waals surface area contributed by atoms with Gasteiger partial charge >= 0.3 is 11.9 Å². The number of benzene rings is 1. The maximum atomic E-state index is 14.8. The first kappa shape index (κ1) is 52.5. The van der Waals surface area contributed by atoms with E-state index in [1.54, 1.807) is 36.4 Å². The van der Waals surface area contributed by atoms with Crippen molar-refractivity contribution in [1.29, 1.82) is 0 Å². The van der Waals surface area contributed by atoms with Gasteiger partial charge in [-0.2, -0.15) is 0 Å². The fourth-order valence-electron chi connectivity index (χ4n) is 9.13. The Labute approximate surface area is 396 Å². The molecule has 68 heavy (non-hydrogen) atoms. The molecule has 3 aliphatic rings. The Hall–Kier alpha value is -6.51. The van der Waals surface area contributed by atoms with E-state index in [2.05, 4.69) is 25.9 Å². The standard InChI is InChI=1S/C47H66N10O11/c1-9-28(10-2)37-46(65)68-25-34(53-40(59)33-23-49-31-19-13-14-20-32(31)52-33)41(60)51-27(4)43(62)55(6)36-22-16-15-21-35(44(63)56(37)7)54(5)42(61)26(3)50-39(58)30(48)24-67-47(66)38(57(8)45(36)64)29-17-11-12-18-29/h13-16,19-20,23,26-30,34-38H,9-12,17-18,21-22,24-25,48H2,1-8H3,(H,50,58)(H,51,60)(H,53,59)/b16-15-/t26?,27?,30?,34?,35-,36-,37?,38?/m0/s1. The summed E-state index contributed by atoms with van der Waals surface area (Å²) in [4.78, 5) is 141. The van der Waals surface area contributed by atoms with Crippen molar-refractivity contribution in [2.45, 2.75) is 127 Å². The van der Waals surface area contributed by atoms with Gasteiger partial charge < -0.3 is 50.8 Å². The highest BCUT2D eigenvalue weighted by molar-refractivity contribution is 5.99. The van der Waals surface area contributed by atoms with Crippen LogP contribution in [0, 0.1) is 11.8 Å². The van der Waals surface area contributed by atoms with Crippen molar-refractivity contribution < 1.29 is 52.6 Å². The number of hydrogen-bond donors (Lipinski definition) is 4. The summed E-state index contributed by atoms with van der Waals surface area (Å²) in [7, 11) is 5.58. The van der Waals surface area contributed by atoms with Gasteiger partial charge in [-0.15, -0.1) is 0 Å². The lowest BCUT2D eigenvalue weighted by molar-refractivity contribution is -0.161. The number of nitrogens with two attached hydrogens (primary N) is 1. The summed E-state index contributed by atoms with van der Waals surface area (Å²) < 4.78 is 11.4. The quantitative estimate of drug-likeness (QED) is 0.226. The van der Waals surface area contributed by atoms with Crippen LogP contribution in [0.15, 0.2) is 42.6 Å². The number of rotatable bonds is 6. The molecule has 21 heteroatoms. The number of carbonyl (C=O) groups is 9. The number of ether oxygens (including phenoxy) is 2. The van der Waals surface area contributed by atoms with E-state index >= 15 is 0 Å². The second-order valence-corrected chi connectivity index (χ2v) is 17.9. The molecule has 1 aromatic heterocycles. The molecule has 5 rings (SSSR count). The molecule has 2 aliphatic heterocycles. The summed E-state index contributed by atoms with van der Waals surface area (Å²) in [6.45, 7) is 5.14. The van der Waals surface area contributed by atoms with Gasteiger partial charge in [-0.05, 0) is 63.5 Å². The Morgan fingerprint density at radius 1 is 0.735 bits per heavy atom. The third-order valence-corrected chi connectivity index (χ3v) is 13.3. The lowest BCUT2D eigenvalue weighted by Gasteiger charge is -2.38. The number of cyclic esters (lactones) is 2. The van der Waals surface area contributed by atoms with Crippen LogP contribution in [0.1, 0.15) is 89.5 Å². The summed E-state index contributed by atoms with van der Waals surface area (Å²) in [5.41, 5.74) is 6.93. The van der Waals surface area contributed by atoms with E-state index in [1.165, 1.54) is 58.0 Å². The van der Waals surface area contributed by atoms with E-state index in [9.17, 15) is 43.2 Å². The zero-order valence-corrected chi connectivity index (χ0v) is 40.1. The van der Waals surface area contributed by atoms with Gasteiger partial charge in [0.1, 0.15) is 67.2 Å². The SMILES string of the molecule is CCC(CC)C1C(=O)OCC(NC(=O)c2cnc3ccccc3n2)C(=O)NC(C)C(=O)N(C)[C@H]2C/C=C\C[C@@H](C(=O)N1C)N(C)C(=O)C(C)NC(=O)C(N)COC(=O)C(C1CCCC1)N(C)C2=O. The third-order valence-electron chi connectivity index (χ3n) is 13.3. The van der Waals surface area contributed by atoms with Crippen molar-refractivity contribution in [3.8, 4) is 0 Å². The molecule has 2 bridgehead atoms. The molecule has 1 aliphatic carbocycles. The minimum Gasteiger partial charge on any atom is -0.462 e. The molecule has 6 unspecified atom stereocenters. The molecular formula is C47H66N10O11. The highest BCUT2D eigenvalue weighted by Gasteiger charge is 2.43. The molecule has 8 atom stereocenters. The van der Waals surface area contributed by atoms with Gasteiger partial charge in [0.15, 0.2) is 0 Å². The highest BCUT2D eigenvalue weighted by atomic mass is 16.5. The summed E-state index contributed by atoms with van der Waals surface area (Å²) in [6, 6.07) is -3.69. The monoisotopic (exact) mass is 946 g/mol. The largest absolute Gasteiger partial charge is 0.462 e. The Balaban J connectivity index is 1.62. The van der Waals surface area contributed by atoms with Gasteiger partial charge in [0, 0.05) is 28.2 Å². The van der Waals surface area contributed by atoms with Crippen LogP contribution in [-0.4, -0.2) is 173 Å². The molecule has 1 saturated carbocycles. The summed E-state index contributed by atoms with van der Waals surface area (Å²) in [6.07, 6.45) is 7.71. The number of hydrogen-bond acceptors (Lipinski definition) is 14. The van der Waals surface area contributed by atoms with Gasteiger partial charge in [-0.3, -0.25) is 38.5 Å². The van der Waals surface area contributed by atoms with Gasteiger partial charge in [-0.25, -0.2) is 14.6 Å². The number of esters is 2. The van der Waals surface area contributed by atoms with Gasteiger partial charge in [-0.1, -0.05) is 63.8 Å². The number of carbonyl (C=O) groups excluding carboxylic acids is 9. The molecule has 1 fully saturated rings. The first-order chi connectivity index (χ1) is 32.3. The topological polar surface area (TPSA) is 273 Å². The molecule has 21 nitrogen and oxygen atoms in total. The molecule has 0 radical (unpaired) electrons. The minimum absolute atomic E-state index is 0.139. The fraction of sp³-hybridized carbons (Fsp3) is 0.596. The molecule has 2 aromatic rings. The van der Waals surface area contributed by atoms with E-state index in [0.717, 1.165) is 22.6 Å². The zero-order valence-electron chi connectivity index (χ0n) is 40.1. The van der Waals surface area contributed by atoms with E-state index in [1.807, 2.05) is 13.8 Å². The van der Waals surface area contributed by atoms with Crippen LogP contribution in [-0.2, 0) is 47.8 Å². The number of nitrogens with one attached hydrogen (secondary N) is 3. The van der Waals surface area contributed by atoms with E-state index < -0.39 is 121 Å². The Bertz CT molecular complexity index is 2250. The van der Waals surface area contributed by atoms with Gasteiger partial charge in [0.25, 0.3) is 5.91 Å². The lowest BCUT2D eigenvalue weighted by atomic mass is 9.92. The van der Waals surface area contributed by atoms with Gasteiger partial charge in [0.2, 0.25) is 35.4 Å². The van der Waals surface area contributed by atoms with Crippen LogP contribution in [0.3, 0.4) is 0 Å². The normalized spacial score (nSPS) is 28.0. The molecule has 5 N–H and O–H groups in total. The average molecular weight is 947 g/mol. The number of amides is 7. The van der Waals surface area contributed by atoms with Crippen LogP contribution < -0.4 is 21.7 Å². The second kappa shape index (κ2) is 23.5. The van der Waals surface area contributed by atoms with Crippen LogP contribution in [0.4, 0.5) is 0 Å². The van der Waals surface area contributed by atoms with E-state index in [4.69, 9.17) is 15.2 Å². The van der Waals surface area contributed by atoms with Crippen molar-refractivity contribution >= 4 is 64.3 Å². The molecule has 370 valence electrons. The first-order valence-corrected chi connectivity index (χ1v) is 23.2. The van der Waals surface area contributed by atoms with Gasteiger partial charge in [0.05, 0.1) is 17.2 Å². The van der Waals surface area contributed by atoms with Crippen LogP contribution >= 0.6 is 0 Å². The van der Waals surface area contributed by atoms with E-state index in [-0.39, 0.29) is 24.5 Å².